The Balaban J connectivity index is 2.45. The zero-order chi connectivity index (χ0) is 15.3. The van der Waals surface area contributed by atoms with Crippen molar-refractivity contribution in [2.75, 3.05) is 5.73 Å². The molecule has 0 spiro atoms. The predicted octanol–water partition coefficient (Wildman–Crippen LogP) is 3.72. The molecule has 0 atom stereocenters. The highest BCUT2D eigenvalue weighted by Gasteiger charge is 2.19. The van der Waals surface area contributed by atoms with Gasteiger partial charge in [-0.05, 0) is 44.5 Å². The third kappa shape index (κ3) is 2.05. The average molecular weight is 305 g/mol. The summed E-state index contributed by atoms with van der Waals surface area (Å²) in [5.74, 6) is 0.552. The van der Waals surface area contributed by atoms with Gasteiger partial charge in [-0.3, -0.25) is 4.57 Å². The van der Waals surface area contributed by atoms with E-state index in [0.29, 0.717) is 28.0 Å². The van der Waals surface area contributed by atoms with E-state index in [1.807, 2.05) is 13.8 Å². The zero-order valence-electron chi connectivity index (χ0n) is 11.9. The van der Waals surface area contributed by atoms with Crippen LogP contribution in [0.25, 0.3) is 16.7 Å². The smallest absolute Gasteiger partial charge is 0.150 e. The second kappa shape index (κ2) is 4.70. The van der Waals surface area contributed by atoms with E-state index in [0.717, 1.165) is 16.6 Å². The molecule has 0 unspecified atom stereocenters. The molecule has 1 aromatic carbocycles. The first-order valence-electron chi connectivity index (χ1n) is 6.47. The lowest BCUT2D eigenvalue weighted by atomic mass is 10.2. The third-order valence-electron chi connectivity index (χ3n) is 3.65. The van der Waals surface area contributed by atoms with Gasteiger partial charge in [0.2, 0.25) is 0 Å². The van der Waals surface area contributed by atoms with Crippen molar-refractivity contribution in [3.05, 3.63) is 46.1 Å². The Morgan fingerprint density at radius 2 is 1.90 bits per heavy atom. The first-order chi connectivity index (χ1) is 9.90. The first-order valence-corrected chi connectivity index (χ1v) is 6.85. The Morgan fingerprint density at radius 1 is 1.19 bits per heavy atom. The summed E-state index contributed by atoms with van der Waals surface area (Å²) in [6.45, 7) is 5.59. The zero-order valence-corrected chi connectivity index (χ0v) is 12.7. The van der Waals surface area contributed by atoms with Crippen LogP contribution in [0.3, 0.4) is 0 Å². The van der Waals surface area contributed by atoms with E-state index in [4.69, 9.17) is 17.3 Å². The highest BCUT2D eigenvalue weighted by atomic mass is 35.5. The summed E-state index contributed by atoms with van der Waals surface area (Å²) in [5, 5.41) is 1.11. The Bertz CT molecular complexity index is 870. The fourth-order valence-corrected chi connectivity index (χ4v) is 2.72. The Morgan fingerprint density at radius 3 is 2.57 bits per heavy atom. The SMILES string of the molecule is Cc1nc(N)c2c(C)c(C)n(-c3ccc(Cl)cc3F)c2n1. The third-order valence-corrected chi connectivity index (χ3v) is 3.88. The highest BCUT2D eigenvalue weighted by molar-refractivity contribution is 6.30. The van der Waals surface area contributed by atoms with Gasteiger partial charge in [0.25, 0.3) is 0 Å². The maximum Gasteiger partial charge on any atom is 0.150 e. The molecule has 6 heteroatoms. The lowest BCUT2D eigenvalue weighted by Gasteiger charge is -2.10. The maximum absolute atomic E-state index is 14.3. The summed E-state index contributed by atoms with van der Waals surface area (Å²) in [5.41, 5.74) is 8.82. The van der Waals surface area contributed by atoms with Gasteiger partial charge >= 0.3 is 0 Å². The second-order valence-electron chi connectivity index (χ2n) is 5.00. The van der Waals surface area contributed by atoms with Crippen LogP contribution in [0.2, 0.25) is 5.02 Å². The van der Waals surface area contributed by atoms with Crippen LogP contribution in [0.4, 0.5) is 10.2 Å². The molecule has 21 heavy (non-hydrogen) atoms. The van der Waals surface area contributed by atoms with Crippen LogP contribution in [0.15, 0.2) is 18.2 Å². The van der Waals surface area contributed by atoms with Gasteiger partial charge in [0.05, 0.1) is 11.1 Å². The van der Waals surface area contributed by atoms with Crippen molar-refractivity contribution in [1.29, 1.82) is 0 Å². The fraction of sp³-hybridized carbons (Fsp3) is 0.200. The number of nitrogens with zero attached hydrogens (tertiary/aromatic N) is 3. The monoisotopic (exact) mass is 304 g/mol. The van der Waals surface area contributed by atoms with Crippen molar-refractivity contribution in [2.24, 2.45) is 0 Å². The summed E-state index contributed by atoms with van der Waals surface area (Å²) in [6, 6.07) is 4.57. The largest absolute Gasteiger partial charge is 0.383 e. The van der Waals surface area contributed by atoms with Crippen LogP contribution in [-0.2, 0) is 0 Å². The molecule has 0 bridgehead atoms. The number of anilines is 1. The van der Waals surface area contributed by atoms with E-state index in [1.54, 1.807) is 23.6 Å². The van der Waals surface area contributed by atoms with E-state index in [9.17, 15) is 4.39 Å². The van der Waals surface area contributed by atoms with Crippen LogP contribution >= 0.6 is 11.6 Å². The van der Waals surface area contributed by atoms with Crippen LogP contribution in [-0.4, -0.2) is 14.5 Å². The van der Waals surface area contributed by atoms with E-state index < -0.39 is 5.82 Å². The van der Waals surface area contributed by atoms with E-state index >= 15 is 0 Å². The molecular formula is C15H14ClFN4. The summed E-state index contributed by atoms with van der Waals surface area (Å²) in [6.07, 6.45) is 0. The predicted molar refractivity (Wildman–Crippen MR) is 82.5 cm³/mol. The molecule has 0 aliphatic carbocycles. The van der Waals surface area contributed by atoms with E-state index in [1.165, 1.54) is 6.07 Å². The molecule has 2 heterocycles. The standard InChI is InChI=1S/C15H14ClFN4/c1-7-8(2)21(12-5-4-10(16)6-11(12)17)15-13(7)14(18)19-9(3)20-15/h4-6H,1-3H3,(H2,18,19,20). The number of rotatable bonds is 1. The molecule has 3 aromatic rings. The van der Waals surface area contributed by atoms with E-state index in [2.05, 4.69) is 9.97 Å². The number of aromatic nitrogens is 3. The van der Waals surface area contributed by atoms with Crippen molar-refractivity contribution in [3.63, 3.8) is 0 Å². The molecule has 0 fully saturated rings. The summed E-state index contributed by atoms with van der Waals surface area (Å²) in [4.78, 5) is 8.62. The number of hydrogen-bond donors (Lipinski definition) is 1. The van der Waals surface area contributed by atoms with Gasteiger partial charge in [0, 0.05) is 10.7 Å². The van der Waals surface area contributed by atoms with E-state index in [-0.39, 0.29) is 0 Å². The number of benzene rings is 1. The second-order valence-corrected chi connectivity index (χ2v) is 5.43. The van der Waals surface area contributed by atoms with Crippen molar-refractivity contribution < 1.29 is 4.39 Å². The van der Waals surface area contributed by atoms with Crippen LogP contribution in [0, 0.1) is 26.6 Å². The molecule has 0 aliphatic heterocycles. The molecule has 0 amide bonds. The Labute approximate surface area is 126 Å². The Kier molecular flexibility index (Phi) is 3.10. The van der Waals surface area contributed by atoms with Crippen molar-refractivity contribution in [1.82, 2.24) is 14.5 Å². The minimum Gasteiger partial charge on any atom is -0.383 e. The minimum atomic E-state index is -0.405. The lowest BCUT2D eigenvalue weighted by Crippen LogP contribution is -2.03. The minimum absolute atomic E-state index is 0.354. The number of halogens is 2. The van der Waals surface area contributed by atoms with Gasteiger partial charge in [-0.15, -0.1) is 0 Å². The van der Waals surface area contributed by atoms with Crippen molar-refractivity contribution >= 4 is 28.5 Å². The molecule has 4 nitrogen and oxygen atoms in total. The average Bonchev–Trinajstić information content (AvgIpc) is 2.63. The van der Waals surface area contributed by atoms with Gasteiger partial charge in [-0.2, -0.15) is 0 Å². The maximum atomic E-state index is 14.3. The highest BCUT2D eigenvalue weighted by Crippen LogP contribution is 2.31. The number of aryl methyl sites for hydroxylation is 2. The lowest BCUT2D eigenvalue weighted by molar-refractivity contribution is 0.618. The fourth-order valence-electron chi connectivity index (χ4n) is 2.57. The van der Waals surface area contributed by atoms with Crippen molar-refractivity contribution in [3.8, 4) is 5.69 Å². The molecule has 2 N–H and O–H groups in total. The normalized spacial score (nSPS) is 11.3. The Hall–Kier alpha value is -2.14. The molecule has 0 radical (unpaired) electrons. The molecule has 0 aliphatic rings. The summed E-state index contributed by atoms with van der Waals surface area (Å²) < 4.78 is 16.0. The number of hydrogen-bond acceptors (Lipinski definition) is 3. The van der Waals surface area contributed by atoms with Crippen molar-refractivity contribution in [2.45, 2.75) is 20.8 Å². The molecule has 0 saturated carbocycles. The van der Waals surface area contributed by atoms with Gasteiger partial charge in [0.1, 0.15) is 17.5 Å². The van der Waals surface area contributed by atoms with Crippen LogP contribution < -0.4 is 5.73 Å². The molecular weight excluding hydrogens is 291 g/mol. The van der Waals surface area contributed by atoms with Gasteiger partial charge in [0.15, 0.2) is 5.65 Å². The topological polar surface area (TPSA) is 56.7 Å². The number of nitrogens with two attached hydrogens (primary N) is 1. The van der Waals surface area contributed by atoms with Gasteiger partial charge < -0.3 is 5.73 Å². The van der Waals surface area contributed by atoms with Crippen LogP contribution in [0.1, 0.15) is 17.1 Å². The summed E-state index contributed by atoms with van der Waals surface area (Å²) >= 11 is 5.82. The quantitative estimate of drug-likeness (QED) is 0.745. The molecule has 3 rings (SSSR count). The summed E-state index contributed by atoms with van der Waals surface area (Å²) in [7, 11) is 0. The van der Waals surface area contributed by atoms with Gasteiger partial charge in [-0.1, -0.05) is 11.6 Å². The van der Waals surface area contributed by atoms with Crippen LogP contribution in [0.5, 0.6) is 0 Å². The molecule has 108 valence electrons. The number of nitrogen functional groups attached to an aromatic ring is 1. The number of fused-ring (bicyclic) bond motifs is 1. The van der Waals surface area contributed by atoms with Gasteiger partial charge in [-0.25, -0.2) is 14.4 Å². The molecule has 0 saturated heterocycles. The first kappa shape index (κ1) is 13.8. The molecule has 2 aromatic heterocycles.